The van der Waals surface area contributed by atoms with E-state index in [0.29, 0.717) is 22.7 Å². The zero-order valence-corrected chi connectivity index (χ0v) is 10.6. The number of aliphatic carboxylic acids is 1. The van der Waals surface area contributed by atoms with Gasteiger partial charge in [0, 0.05) is 6.54 Å². The Bertz CT molecular complexity index is 438. The van der Waals surface area contributed by atoms with Crippen molar-refractivity contribution >= 4 is 27.8 Å². The van der Waals surface area contributed by atoms with Gasteiger partial charge in [-0.15, -0.1) is 0 Å². The number of furan rings is 1. The van der Waals surface area contributed by atoms with E-state index in [9.17, 15) is 9.59 Å². The first-order chi connectivity index (χ1) is 8.08. The summed E-state index contributed by atoms with van der Waals surface area (Å²) in [6.07, 6.45) is 3.53. The second-order valence-corrected chi connectivity index (χ2v) is 4.85. The summed E-state index contributed by atoms with van der Waals surface area (Å²) in [7, 11) is 0. The number of carboxylic acids is 1. The number of amides is 1. The number of carboxylic acid groups (broad SMARTS) is 1. The van der Waals surface area contributed by atoms with Crippen molar-refractivity contribution in [2.24, 2.45) is 5.92 Å². The molecule has 1 N–H and O–H groups in total. The molecule has 5 nitrogen and oxygen atoms in total. The van der Waals surface area contributed by atoms with E-state index in [2.05, 4.69) is 15.9 Å². The van der Waals surface area contributed by atoms with Crippen LogP contribution in [0.2, 0.25) is 0 Å². The number of nitrogens with zero attached hydrogens (tertiary/aromatic N) is 1. The molecule has 0 spiro atoms. The van der Waals surface area contributed by atoms with Crippen LogP contribution in [-0.4, -0.2) is 35.0 Å². The Morgan fingerprint density at radius 1 is 1.53 bits per heavy atom. The van der Waals surface area contributed by atoms with E-state index in [-0.39, 0.29) is 12.5 Å². The van der Waals surface area contributed by atoms with Crippen molar-refractivity contribution < 1.29 is 19.1 Å². The highest BCUT2D eigenvalue weighted by Crippen LogP contribution is 2.30. The third-order valence-electron chi connectivity index (χ3n) is 2.64. The Labute approximate surface area is 107 Å². The van der Waals surface area contributed by atoms with Crippen LogP contribution in [-0.2, 0) is 4.79 Å². The molecule has 0 saturated heterocycles. The molecule has 1 aromatic heterocycles. The molecule has 17 heavy (non-hydrogen) atoms. The first-order valence-electron chi connectivity index (χ1n) is 5.32. The minimum absolute atomic E-state index is 0.271. The minimum Gasteiger partial charge on any atom is -0.480 e. The van der Waals surface area contributed by atoms with Crippen molar-refractivity contribution in [2.75, 3.05) is 13.1 Å². The molecule has 92 valence electrons. The average molecular weight is 302 g/mol. The van der Waals surface area contributed by atoms with E-state index in [1.54, 1.807) is 0 Å². The highest BCUT2D eigenvalue weighted by atomic mass is 79.9. The molecule has 1 aliphatic rings. The van der Waals surface area contributed by atoms with Crippen LogP contribution in [0.1, 0.15) is 23.2 Å². The topological polar surface area (TPSA) is 70.8 Å². The molecule has 1 amide bonds. The van der Waals surface area contributed by atoms with Gasteiger partial charge in [-0.1, -0.05) is 0 Å². The van der Waals surface area contributed by atoms with E-state index in [4.69, 9.17) is 9.52 Å². The Hall–Kier alpha value is -1.30. The molecule has 1 fully saturated rings. The fourth-order valence-electron chi connectivity index (χ4n) is 1.61. The molecule has 0 atom stereocenters. The third-order valence-corrected chi connectivity index (χ3v) is 3.25. The highest BCUT2D eigenvalue weighted by Gasteiger charge is 2.29. The maximum Gasteiger partial charge on any atom is 0.323 e. The van der Waals surface area contributed by atoms with Crippen LogP contribution in [0.4, 0.5) is 0 Å². The predicted octanol–water partition coefficient (Wildman–Crippen LogP) is 1.98. The number of carbonyl (C=O) groups excluding carboxylic acids is 1. The zero-order chi connectivity index (χ0) is 12.4. The van der Waals surface area contributed by atoms with Crippen molar-refractivity contribution in [3.63, 3.8) is 0 Å². The van der Waals surface area contributed by atoms with Gasteiger partial charge in [-0.05, 0) is 40.8 Å². The quantitative estimate of drug-likeness (QED) is 0.903. The largest absolute Gasteiger partial charge is 0.480 e. The van der Waals surface area contributed by atoms with E-state index in [0.717, 1.165) is 12.8 Å². The van der Waals surface area contributed by atoms with Crippen molar-refractivity contribution in [3.05, 3.63) is 22.6 Å². The SMILES string of the molecule is O=C(O)CN(CC1CC1)C(=O)c1ccoc1Br. The van der Waals surface area contributed by atoms with Gasteiger partial charge in [0.15, 0.2) is 4.67 Å². The van der Waals surface area contributed by atoms with E-state index in [1.165, 1.54) is 17.2 Å². The lowest BCUT2D eigenvalue weighted by Crippen LogP contribution is -2.37. The minimum atomic E-state index is -1.00. The molecule has 0 bridgehead atoms. The van der Waals surface area contributed by atoms with Gasteiger partial charge >= 0.3 is 5.97 Å². The van der Waals surface area contributed by atoms with Crippen LogP contribution in [0.25, 0.3) is 0 Å². The number of hydrogen-bond acceptors (Lipinski definition) is 3. The van der Waals surface area contributed by atoms with Crippen LogP contribution < -0.4 is 0 Å². The maximum atomic E-state index is 12.1. The van der Waals surface area contributed by atoms with Gasteiger partial charge in [0.25, 0.3) is 5.91 Å². The van der Waals surface area contributed by atoms with Crippen LogP contribution in [0, 0.1) is 5.92 Å². The molecule has 1 aliphatic carbocycles. The summed E-state index contributed by atoms with van der Waals surface area (Å²) >= 11 is 3.12. The van der Waals surface area contributed by atoms with Gasteiger partial charge in [-0.3, -0.25) is 9.59 Å². The lowest BCUT2D eigenvalue weighted by atomic mass is 10.2. The van der Waals surface area contributed by atoms with E-state index >= 15 is 0 Å². The Kier molecular flexibility index (Phi) is 3.51. The molecule has 0 unspecified atom stereocenters. The molecular formula is C11H12BrNO4. The van der Waals surface area contributed by atoms with E-state index < -0.39 is 5.97 Å². The molecule has 1 heterocycles. The monoisotopic (exact) mass is 301 g/mol. The highest BCUT2D eigenvalue weighted by molar-refractivity contribution is 9.10. The smallest absolute Gasteiger partial charge is 0.323 e. The van der Waals surface area contributed by atoms with Crippen LogP contribution in [0.3, 0.4) is 0 Å². The van der Waals surface area contributed by atoms with Gasteiger partial charge in [-0.25, -0.2) is 0 Å². The summed E-state index contributed by atoms with van der Waals surface area (Å²) in [6, 6.07) is 1.54. The van der Waals surface area contributed by atoms with Crippen molar-refractivity contribution in [2.45, 2.75) is 12.8 Å². The molecule has 2 rings (SSSR count). The Balaban J connectivity index is 2.10. The number of halogens is 1. The molecule has 1 saturated carbocycles. The summed E-state index contributed by atoms with van der Waals surface area (Å²) in [6.45, 7) is 0.232. The van der Waals surface area contributed by atoms with Crippen molar-refractivity contribution in [1.82, 2.24) is 4.90 Å². The van der Waals surface area contributed by atoms with Crippen molar-refractivity contribution in [1.29, 1.82) is 0 Å². The molecular weight excluding hydrogens is 290 g/mol. The lowest BCUT2D eigenvalue weighted by Gasteiger charge is -2.19. The van der Waals surface area contributed by atoms with Crippen LogP contribution in [0.5, 0.6) is 0 Å². The van der Waals surface area contributed by atoms with Crippen LogP contribution >= 0.6 is 15.9 Å². The first kappa shape index (κ1) is 12.2. The van der Waals surface area contributed by atoms with Gasteiger partial charge in [0.2, 0.25) is 0 Å². The van der Waals surface area contributed by atoms with Gasteiger partial charge in [0.1, 0.15) is 6.54 Å². The fourth-order valence-corrected chi connectivity index (χ4v) is 2.02. The Morgan fingerprint density at radius 2 is 2.24 bits per heavy atom. The average Bonchev–Trinajstić information content (AvgIpc) is 2.97. The van der Waals surface area contributed by atoms with Crippen LogP contribution in [0.15, 0.2) is 21.4 Å². The summed E-state index contributed by atoms with van der Waals surface area (Å²) < 4.78 is 5.32. The van der Waals surface area contributed by atoms with E-state index in [1.807, 2.05) is 0 Å². The number of hydrogen-bond donors (Lipinski definition) is 1. The maximum absolute atomic E-state index is 12.1. The summed E-state index contributed by atoms with van der Waals surface area (Å²) in [5.41, 5.74) is 0.368. The predicted molar refractivity (Wildman–Crippen MR) is 62.7 cm³/mol. The second kappa shape index (κ2) is 4.91. The van der Waals surface area contributed by atoms with Crippen molar-refractivity contribution in [3.8, 4) is 0 Å². The van der Waals surface area contributed by atoms with Gasteiger partial charge in [0.05, 0.1) is 11.8 Å². The zero-order valence-electron chi connectivity index (χ0n) is 9.06. The molecule has 1 aromatic rings. The van der Waals surface area contributed by atoms with Gasteiger partial charge < -0.3 is 14.4 Å². The fraction of sp³-hybridized carbons (Fsp3) is 0.455. The summed E-state index contributed by atoms with van der Waals surface area (Å²) in [5, 5.41) is 8.80. The molecule has 0 aliphatic heterocycles. The molecule has 0 radical (unpaired) electrons. The third kappa shape index (κ3) is 3.09. The number of rotatable bonds is 5. The second-order valence-electron chi connectivity index (χ2n) is 4.13. The summed E-state index contributed by atoms with van der Waals surface area (Å²) in [4.78, 5) is 24.2. The summed E-state index contributed by atoms with van der Waals surface area (Å²) in [5.74, 6) is -0.859. The first-order valence-corrected chi connectivity index (χ1v) is 6.11. The Morgan fingerprint density at radius 3 is 2.71 bits per heavy atom. The van der Waals surface area contributed by atoms with Gasteiger partial charge in [-0.2, -0.15) is 0 Å². The molecule has 0 aromatic carbocycles. The normalized spacial score (nSPS) is 14.6. The lowest BCUT2D eigenvalue weighted by molar-refractivity contribution is -0.137. The number of carbonyl (C=O) groups is 2. The molecule has 6 heteroatoms. The standard InChI is InChI=1S/C11H12BrNO4/c12-10-8(3-4-17-10)11(16)13(6-9(14)15)5-7-1-2-7/h3-4,7H,1-2,5-6H2,(H,14,15).